The average molecular weight is 1110 g/mol. The maximum atomic E-state index is 2.93. The fourth-order valence-corrected chi connectivity index (χ4v) is 17.2. The third-order valence-corrected chi connectivity index (χ3v) is 20.6. The predicted octanol–water partition coefficient (Wildman–Crippen LogP) is 16.3. The van der Waals surface area contributed by atoms with Crippen LogP contribution in [0.1, 0.15) is 58.4 Å². The van der Waals surface area contributed by atoms with Gasteiger partial charge in [0.2, 0.25) is 0 Å². The topological polar surface area (TPSA) is 16.2 Å². The first-order valence-electron chi connectivity index (χ1n) is 31.4. The summed E-state index contributed by atoms with van der Waals surface area (Å²) in [6.45, 7) is 6.93. The van der Waals surface area contributed by atoms with Crippen LogP contribution in [0.25, 0.3) is 22.3 Å². The van der Waals surface area contributed by atoms with Crippen molar-refractivity contribution in [2.75, 3.05) is 24.5 Å². The Kier molecular flexibility index (Phi) is 11.0. The highest BCUT2D eigenvalue weighted by Gasteiger charge is 2.51. The summed E-state index contributed by atoms with van der Waals surface area (Å²) in [6, 6.07) is 98.4. The Hall–Kier alpha value is -9.45. The van der Waals surface area contributed by atoms with E-state index in [1.54, 1.807) is 0 Å². The fourth-order valence-electron chi connectivity index (χ4n) is 17.2. The molecule has 0 unspecified atom stereocenters. The lowest BCUT2D eigenvalue weighted by atomic mass is 9.30. The van der Waals surface area contributed by atoms with Crippen LogP contribution in [-0.4, -0.2) is 25.5 Å². The average Bonchev–Trinajstić information content (AvgIpc) is 0.743. The van der Waals surface area contributed by atoms with Gasteiger partial charge in [-0.3, -0.25) is 0 Å². The predicted molar refractivity (Wildman–Crippen MR) is 364 cm³/mol. The van der Waals surface area contributed by atoms with Gasteiger partial charge in [0, 0.05) is 91.5 Å². The number of benzene rings is 11. The molecule has 11 aromatic rings. The molecule has 19 rings (SSSR count). The lowest BCUT2D eigenvalue weighted by molar-refractivity contribution is 0.0900. The molecule has 2 aliphatic carbocycles. The van der Waals surface area contributed by atoms with E-state index >= 15 is 0 Å². The Morgan fingerprint density at radius 3 is 1.15 bits per heavy atom. The summed E-state index contributed by atoms with van der Waals surface area (Å²) in [6.07, 6.45) is 6.53. The van der Waals surface area contributed by atoms with Crippen LogP contribution in [0.2, 0.25) is 0 Å². The first kappa shape index (κ1) is 49.9. The van der Waals surface area contributed by atoms with Gasteiger partial charge in [0.15, 0.2) is 0 Å². The van der Waals surface area contributed by atoms with Crippen LogP contribution in [0.4, 0.5) is 73.9 Å². The molecular formula is C79H65B2N5. The molecule has 0 amide bonds. The Morgan fingerprint density at radius 1 is 0.314 bits per heavy atom. The van der Waals surface area contributed by atoms with Crippen molar-refractivity contribution in [2.45, 2.75) is 70.4 Å². The van der Waals surface area contributed by atoms with Gasteiger partial charge in [-0.25, -0.2) is 0 Å². The number of anilines is 13. The standard InChI is InChI=1S/C79H65B2N5/c1-79(2,3)55-45-72-76-73(46-55)85(58-32-17-8-18-33-58)70-50-71-67(49-66(70)80(76)64-36-19-21-38-68(64)83(72)56-28-13-6-14-29-56)81-65-37-20-22-39-69(65)84(57-30-15-7-16-31-57)74-47-61(82-59-41-51-40-52(43-59)44-60(82)42-51)48-75(77(74)81)86(71)78-62(53-24-9-4-10-25-53)34-23-35-63(78)54-26-11-5-12-27-54/h4-39,45-52,59-60H,40-44H2,1-3H3. The van der Waals surface area contributed by atoms with Gasteiger partial charge in [-0.15, -0.1) is 0 Å². The Balaban J connectivity index is 1.000. The fraction of sp³-hybridized carbons (Fsp3) is 0.165. The lowest BCUT2D eigenvalue weighted by Gasteiger charge is -2.58. The first-order valence-corrected chi connectivity index (χ1v) is 31.4. The molecule has 2 saturated heterocycles. The zero-order valence-electron chi connectivity index (χ0n) is 49.0. The van der Waals surface area contributed by atoms with Crippen LogP contribution in [0.15, 0.2) is 255 Å². The highest BCUT2D eigenvalue weighted by atomic mass is 15.2. The zero-order valence-corrected chi connectivity index (χ0v) is 49.0. The molecule has 5 nitrogen and oxygen atoms in total. The smallest absolute Gasteiger partial charge is 0.252 e. The van der Waals surface area contributed by atoms with Crippen molar-refractivity contribution < 1.29 is 0 Å². The SMILES string of the molecule is CC(C)(C)c1cc2c3c(c1)N(c1ccccc1)c1cc4c(cc1B3c1ccccc1N2c1ccccc1)B1c2ccccc2N(c2ccccc2)c2cc(N3C5CC6CC(C5)CC3C6)cc(c21)N4c1c(-c2ccccc2)cccc1-c1ccccc1. The van der Waals surface area contributed by atoms with Gasteiger partial charge in [0.25, 0.3) is 13.4 Å². The normalized spacial score (nSPS) is 18.9. The second-order valence-electron chi connectivity index (χ2n) is 26.4. The monoisotopic (exact) mass is 1110 g/mol. The number of para-hydroxylation sites is 6. The minimum Gasteiger partial charge on any atom is -0.365 e. The van der Waals surface area contributed by atoms with Crippen LogP contribution in [0.3, 0.4) is 0 Å². The number of piperidine rings is 2. The third kappa shape index (κ3) is 7.46. The summed E-state index contributed by atoms with van der Waals surface area (Å²) in [5.74, 6) is 1.65. The van der Waals surface area contributed by atoms with E-state index in [0.29, 0.717) is 12.1 Å². The minimum absolute atomic E-state index is 0.0806. The van der Waals surface area contributed by atoms with E-state index in [0.717, 1.165) is 23.2 Å². The number of nitrogens with zero attached hydrogens (tertiary/aromatic N) is 5. The maximum Gasteiger partial charge on any atom is 0.252 e. The molecule has 4 fully saturated rings. The van der Waals surface area contributed by atoms with Gasteiger partial charge in [0.1, 0.15) is 0 Å². The summed E-state index contributed by atoms with van der Waals surface area (Å²) in [5.41, 5.74) is 29.7. The van der Waals surface area contributed by atoms with Gasteiger partial charge < -0.3 is 24.5 Å². The minimum atomic E-state index is -0.154. The van der Waals surface area contributed by atoms with E-state index in [4.69, 9.17) is 0 Å². The molecular weight excluding hydrogens is 1040 g/mol. The van der Waals surface area contributed by atoms with Gasteiger partial charge in [-0.1, -0.05) is 197 Å². The van der Waals surface area contributed by atoms with Crippen LogP contribution in [0.5, 0.6) is 0 Å². The zero-order chi connectivity index (χ0) is 56.9. The molecule has 6 aliphatic heterocycles. The van der Waals surface area contributed by atoms with Crippen LogP contribution in [-0.2, 0) is 5.41 Å². The number of hydrogen-bond acceptors (Lipinski definition) is 5. The third-order valence-electron chi connectivity index (χ3n) is 20.6. The second kappa shape index (κ2) is 19.0. The maximum absolute atomic E-state index is 2.93. The summed E-state index contributed by atoms with van der Waals surface area (Å²) in [5, 5.41) is 0. The summed E-state index contributed by atoms with van der Waals surface area (Å²) >= 11 is 0. The van der Waals surface area contributed by atoms with Gasteiger partial charge >= 0.3 is 0 Å². The van der Waals surface area contributed by atoms with E-state index in [-0.39, 0.29) is 18.8 Å². The van der Waals surface area contributed by atoms with Crippen molar-refractivity contribution in [3.8, 4) is 22.3 Å². The second-order valence-corrected chi connectivity index (χ2v) is 26.4. The summed E-state index contributed by atoms with van der Waals surface area (Å²) < 4.78 is 0. The van der Waals surface area contributed by atoms with E-state index in [1.807, 2.05) is 0 Å². The molecule has 412 valence electrons. The van der Waals surface area contributed by atoms with Gasteiger partial charge in [-0.2, -0.15) is 0 Å². The molecule has 0 N–H and O–H groups in total. The molecule has 2 saturated carbocycles. The molecule has 0 aromatic heterocycles. The quantitative estimate of drug-likeness (QED) is 0.147. The van der Waals surface area contributed by atoms with Crippen LogP contribution in [0, 0.1) is 11.8 Å². The molecule has 11 aromatic carbocycles. The van der Waals surface area contributed by atoms with E-state index in [9.17, 15) is 0 Å². The Bertz CT molecular complexity index is 4420. The summed E-state index contributed by atoms with van der Waals surface area (Å²) in [7, 11) is 0. The molecule has 0 spiro atoms. The highest BCUT2D eigenvalue weighted by molar-refractivity contribution is 7.03. The molecule has 4 bridgehead atoms. The van der Waals surface area contributed by atoms with Gasteiger partial charge in [-0.05, 0) is 178 Å². The Labute approximate surface area is 506 Å². The lowest BCUT2D eigenvalue weighted by Crippen LogP contribution is -2.65. The summed E-state index contributed by atoms with van der Waals surface area (Å²) in [4.78, 5) is 13.5. The van der Waals surface area contributed by atoms with Crippen molar-refractivity contribution in [3.63, 3.8) is 0 Å². The molecule has 6 heterocycles. The van der Waals surface area contributed by atoms with Crippen LogP contribution < -0.4 is 57.3 Å². The largest absolute Gasteiger partial charge is 0.365 e. The molecule has 8 aliphatic rings. The molecule has 0 atom stereocenters. The van der Waals surface area contributed by atoms with Crippen molar-refractivity contribution in [1.29, 1.82) is 0 Å². The highest BCUT2D eigenvalue weighted by Crippen LogP contribution is 2.56. The number of rotatable bonds is 7. The van der Waals surface area contributed by atoms with Gasteiger partial charge in [0.05, 0.1) is 5.69 Å². The van der Waals surface area contributed by atoms with E-state index < -0.39 is 0 Å². The van der Waals surface area contributed by atoms with Crippen molar-refractivity contribution >= 4 is 120 Å². The first-order chi connectivity index (χ1) is 42.3. The number of fused-ring (bicyclic) bond motifs is 8. The van der Waals surface area contributed by atoms with E-state index in [2.05, 4.69) is 300 Å². The van der Waals surface area contributed by atoms with E-state index in [1.165, 1.54) is 155 Å². The Morgan fingerprint density at radius 2 is 0.698 bits per heavy atom. The van der Waals surface area contributed by atoms with Crippen molar-refractivity contribution in [1.82, 2.24) is 0 Å². The molecule has 86 heavy (non-hydrogen) atoms. The molecule has 7 heteroatoms. The van der Waals surface area contributed by atoms with Crippen molar-refractivity contribution in [2.24, 2.45) is 11.8 Å². The molecule has 0 radical (unpaired) electrons. The van der Waals surface area contributed by atoms with Crippen LogP contribution >= 0.6 is 0 Å². The number of hydrogen-bond donors (Lipinski definition) is 0. The van der Waals surface area contributed by atoms with Crippen molar-refractivity contribution in [3.05, 3.63) is 260 Å².